The smallest absolute Gasteiger partial charge is 0.229 e. The van der Waals surface area contributed by atoms with Crippen LogP contribution >= 0.6 is 0 Å². The highest BCUT2D eigenvalue weighted by Crippen LogP contribution is 2.18. The van der Waals surface area contributed by atoms with E-state index in [0.717, 1.165) is 12.8 Å². The molecule has 1 rings (SSSR count). The first-order valence-electron chi connectivity index (χ1n) is 6.68. The van der Waals surface area contributed by atoms with Gasteiger partial charge in [-0.1, -0.05) is 25.9 Å². The van der Waals surface area contributed by atoms with Crippen molar-refractivity contribution in [1.29, 1.82) is 0 Å². The van der Waals surface area contributed by atoms with Gasteiger partial charge in [-0.15, -0.1) is 0 Å². The molecule has 0 aliphatic carbocycles. The monoisotopic (exact) mass is 256 g/mol. The van der Waals surface area contributed by atoms with E-state index in [1.54, 1.807) is 0 Å². The topological polar surface area (TPSA) is 68.4 Å². The summed E-state index contributed by atoms with van der Waals surface area (Å²) in [5.74, 6) is 1.51. The van der Waals surface area contributed by atoms with Crippen molar-refractivity contribution < 1.29 is 14.4 Å². The number of aromatic nitrogens is 2. The standard InChI is InChI=1S/C13H24N2O3/c1-5-11(17-6-2)13-14-12(18-15-13)8-10(16)7-9(3)4/h9-11,16H,5-8H2,1-4H3. The number of aliphatic hydroxyl groups excluding tert-OH is 1. The summed E-state index contributed by atoms with van der Waals surface area (Å²) in [7, 11) is 0. The highest BCUT2D eigenvalue weighted by atomic mass is 16.5. The Labute approximate surface area is 109 Å². The molecule has 2 atom stereocenters. The normalized spacial score (nSPS) is 15.0. The average Bonchev–Trinajstić information content (AvgIpc) is 2.72. The lowest BCUT2D eigenvalue weighted by molar-refractivity contribution is 0.0518. The third kappa shape index (κ3) is 4.74. The molecule has 1 aromatic heterocycles. The van der Waals surface area contributed by atoms with Crippen LogP contribution in [-0.4, -0.2) is 28.0 Å². The van der Waals surface area contributed by atoms with Crippen LogP contribution in [0, 0.1) is 5.92 Å². The maximum absolute atomic E-state index is 9.82. The van der Waals surface area contributed by atoms with Crippen molar-refractivity contribution in [2.45, 2.75) is 59.2 Å². The second-order valence-electron chi connectivity index (χ2n) is 4.89. The molecule has 1 aromatic rings. The van der Waals surface area contributed by atoms with E-state index in [1.165, 1.54) is 0 Å². The van der Waals surface area contributed by atoms with Crippen LogP contribution in [-0.2, 0) is 11.2 Å². The number of ether oxygens (including phenoxy) is 1. The predicted octanol–water partition coefficient (Wildman–Crippen LogP) is 2.51. The molecule has 0 amide bonds. The van der Waals surface area contributed by atoms with Crippen LogP contribution in [0.2, 0.25) is 0 Å². The van der Waals surface area contributed by atoms with Gasteiger partial charge in [-0.25, -0.2) is 0 Å². The SMILES string of the molecule is CCOC(CC)c1noc(CC(O)CC(C)C)n1. The Bertz CT molecular complexity index is 339. The first-order valence-corrected chi connectivity index (χ1v) is 6.68. The first kappa shape index (κ1) is 15.1. The second-order valence-corrected chi connectivity index (χ2v) is 4.89. The molecule has 0 bridgehead atoms. The van der Waals surface area contributed by atoms with E-state index in [9.17, 15) is 5.11 Å². The Morgan fingerprint density at radius 1 is 1.33 bits per heavy atom. The van der Waals surface area contributed by atoms with E-state index >= 15 is 0 Å². The van der Waals surface area contributed by atoms with Gasteiger partial charge in [-0.3, -0.25) is 0 Å². The minimum atomic E-state index is -0.425. The minimum Gasteiger partial charge on any atom is -0.393 e. The molecule has 0 radical (unpaired) electrons. The van der Waals surface area contributed by atoms with Gasteiger partial charge in [0, 0.05) is 6.61 Å². The first-order chi connectivity index (χ1) is 8.56. The van der Waals surface area contributed by atoms with Gasteiger partial charge in [-0.2, -0.15) is 4.98 Å². The lowest BCUT2D eigenvalue weighted by Crippen LogP contribution is -2.13. The fourth-order valence-electron chi connectivity index (χ4n) is 1.89. The number of hydrogen-bond donors (Lipinski definition) is 1. The molecule has 5 heteroatoms. The van der Waals surface area contributed by atoms with Crippen molar-refractivity contribution in [3.63, 3.8) is 0 Å². The lowest BCUT2D eigenvalue weighted by Gasteiger charge is -2.10. The molecule has 18 heavy (non-hydrogen) atoms. The van der Waals surface area contributed by atoms with E-state index in [1.807, 2.05) is 13.8 Å². The molecule has 0 saturated heterocycles. The largest absolute Gasteiger partial charge is 0.393 e. The van der Waals surface area contributed by atoms with Crippen molar-refractivity contribution in [3.8, 4) is 0 Å². The van der Waals surface area contributed by atoms with Crippen molar-refractivity contribution in [2.75, 3.05) is 6.61 Å². The van der Waals surface area contributed by atoms with Gasteiger partial charge in [0.1, 0.15) is 6.10 Å². The third-order valence-electron chi connectivity index (χ3n) is 2.66. The molecular formula is C13H24N2O3. The van der Waals surface area contributed by atoms with Crippen molar-refractivity contribution in [2.24, 2.45) is 5.92 Å². The maximum atomic E-state index is 9.82. The van der Waals surface area contributed by atoms with Crippen LogP contribution in [0.4, 0.5) is 0 Å². The summed E-state index contributed by atoms with van der Waals surface area (Å²) in [5, 5.41) is 13.7. The van der Waals surface area contributed by atoms with Crippen molar-refractivity contribution >= 4 is 0 Å². The molecular weight excluding hydrogens is 232 g/mol. The van der Waals surface area contributed by atoms with Crippen LogP contribution < -0.4 is 0 Å². The number of nitrogens with zero attached hydrogens (tertiary/aromatic N) is 2. The zero-order valence-corrected chi connectivity index (χ0v) is 11.7. The van der Waals surface area contributed by atoms with E-state index in [4.69, 9.17) is 9.26 Å². The summed E-state index contributed by atoms with van der Waals surface area (Å²) in [5.41, 5.74) is 0. The molecule has 2 unspecified atom stereocenters. The molecule has 0 aromatic carbocycles. The van der Waals surface area contributed by atoms with Crippen LogP contribution in [0.3, 0.4) is 0 Å². The highest BCUT2D eigenvalue weighted by molar-refractivity contribution is 4.92. The van der Waals surface area contributed by atoms with Crippen molar-refractivity contribution in [3.05, 3.63) is 11.7 Å². The second kappa shape index (κ2) is 7.48. The lowest BCUT2D eigenvalue weighted by atomic mass is 10.0. The Kier molecular flexibility index (Phi) is 6.29. The molecule has 1 N–H and O–H groups in total. The Morgan fingerprint density at radius 2 is 2.06 bits per heavy atom. The minimum absolute atomic E-state index is 0.116. The third-order valence-corrected chi connectivity index (χ3v) is 2.66. The van der Waals surface area contributed by atoms with E-state index in [0.29, 0.717) is 30.7 Å². The van der Waals surface area contributed by atoms with Gasteiger partial charge in [0.05, 0.1) is 12.5 Å². The van der Waals surface area contributed by atoms with E-state index < -0.39 is 6.10 Å². The van der Waals surface area contributed by atoms with Crippen molar-refractivity contribution in [1.82, 2.24) is 10.1 Å². The molecule has 0 saturated carbocycles. The van der Waals surface area contributed by atoms with Crippen LogP contribution in [0.5, 0.6) is 0 Å². The number of aliphatic hydroxyl groups is 1. The molecule has 5 nitrogen and oxygen atoms in total. The van der Waals surface area contributed by atoms with Gasteiger partial charge >= 0.3 is 0 Å². The highest BCUT2D eigenvalue weighted by Gasteiger charge is 2.18. The van der Waals surface area contributed by atoms with Crippen LogP contribution in [0.1, 0.15) is 58.4 Å². The fraction of sp³-hybridized carbons (Fsp3) is 0.846. The molecule has 0 fully saturated rings. The van der Waals surface area contributed by atoms with Gasteiger partial charge in [0.15, 0.2) is 0 Å². The summed E-state index contributed by atoms with van der Waals surface area (Å²) in [6, 6.07) is 0. The maximum Gasteiger partial charge on any atom is 0.229 e. The van der Waals surface area contributed by atoms with Gasteiger partial charge in [0.25, 0.3) is 0 Å². The van der Waals surface area contributed by atoms with Gasteiger partial charge in [0.2, 0.25) is 11.7 Å². The molecule has 1 heterocycles. The number of rotatable bonds is 8. The average molecular weight is 256 g/mol. The van der Waals surface area contributed by atoms with Crippen LogP contribution in [0.15, 0.2) is 4.52 Å². The quantitative estimate of drug-likeness (QED) is 0.774. The van der Waals surface area contributed by atoms with Gasteiger partial charge in [-0.05, 0) is 25.7 Å². The summed E-state index contributed by atoms with van der Waals surface area (Å²) in [6.45, 7) is 8.73. The zero-order valence-electron chi connectivity index (χ0n) is 11.7. The van der Waals surface area contributed by atoms with Gasteiger partial charge < -0.3 is 14.4 Å². The molecule has 0 aliphatic rings. The van der Waals surface area contributed by atoms with E-state index in [2.05, 4.69) is 24.0 Å². The summed E-state index contributed by atoms with van der Waals surface area (Å²) >= 11 is 0. The Hall–Kier alpha value is -0.940. The van der Waals surface area contributed by atoms with E-state index in [-0.39, 0.29) is 6.10 Å². The zero-order chi connectivity index (χ0) is 13.5. The Balaban J connectivity index is 2.56. The summed E-state index contributed by atoms with van der Waals surface area (Å²) in [4.78, 5) is 4.28. The molecule has 0 spiro atoms. The number of hydrogen-bond acceptors (Lipinski definition) is 5. The molecule has 0 aliphatic heterocycles. The summed E-state index contributed by atoms with van der Waals surface area (Å²) < 4.78 is 10.7. The molecule has 104 valence electrons. The Morgan fingerprint density at radius 3 is 2.61 bits per heavy atom. The summed E-state index contributed by atoms with van der Waals surface area (Å²) in [6.07, 6.45) is 1.41. The fourth-order valence-corrected chi connectivity index (χ4v) is 1.89. The van der Waals surface area contributed by atoms with Crippen LogP contribution in [0.25, 0.3) is 0 Å². The predicted molar refractivity (Wildman–Crippen MR) is 68.1 cm³/mol.